The molecule has 224 valence electrons. The molecular formula is C48H26O. The van der Waals surface area contributed by atoms with E-state index in [9.17, 15) is 0 Å². The Balaban J connectivity index is 1.21. The molecule has 0 bridgehead atoms. The standard InChI is InChI=1S/C48H26O/c1-2-10-38-27(5-1)17-22-40-42-26-36(37-20-18-32-12-11-30-8-4-9-31-19-21-39(37)46(32)44(30)31)25-41(48(42)49-47(38)40)35-23-33-15-13-28-6-3-7-29-14-16-34(24-35)45(33)43(28)29/h1-26H. The van der Waals surface area contributed by atoms with Crippen molar-refractivity contribution >= 4 is 97.3 Å². The van der Waals surface area contributed by atoms with Crippen LogP contribution in [0.2, 0.25) is 0 Å². The topological polar surface area (TPSA) is 13.1 Å². The van der Waals surface area contributed by atoms with Crippen molar-refractivity contribution in [2.24, 2.45) is 0 Å². The van der Waals surface area contributed by atoms with Crippen molar-refractivity contribution < 1.29 is 4.42 Å². The third kappa shape index (κ3) is 3.39. The zero-order valence-corrected chi connectivity index (χ0v) is 26.4. The number of benzene rings is 11. The first kappa shape index (κ1) is 25.6. The Hall–Kier alpha value is -6.44. The largest absolute Gasteiger partial charge is 0.455 e. The molecule has 1 aromatic heterocycles. The molecule has 0 saturated carbocycles. The Bertz CT molecular complexity index is 3240. The van der Waals surface area contributed by atoms with Gasteiger partial charge in [0.25, 0.3) is 0 Å². The molecule has 0 N–H and O–H groups in total. The summed E-state index contributed by atoms with van der Waals surface area (Å²) in [5, 5.41) is 20.1. The summed E-state index contributed by atoms with van der Waals surface area (Å²) in [5.41, 5.74) is 6.59. The van der Waals surface area contributed by atoms with Crippen molar-refractivity contribution in [1.82, 2.24) is 0 Å². The van der Waals surface area contributed by atoms with E-state index in [1.165, 1.54) is 86.7 Å². The third-order valence-electron chi connectivity index (χ3n) is 11.1. The summed E-state index contributed by atoms with van der Waals surface area (Å²) in [6.07, 6.45) is 0. The van der Waals surface area contributed by atoms with Gasteiger partial charge in [-0.2, -0.15) is 0 Å². The predicted molar refractivity (Wildman–Crippen MR) is 210 cm³/mol. The quantitative estimate of drug-likeness (QED) is 0.176. The molecule has 0 saturated heterocycles. The van der Waals surface area contributed by atoms with Crippen molar-refractivity contribution in [3.8, 4) is 22.3 Å². The molecule has 12 rings (SSSR count). The van der Waals surface area contributed by atoms with Gasteiger partial charge in [0.05, 0.1) is 0 Å². The third-order valence-corrected chi connectivity index (χ3v) is 11.1. The molecule has 0 aliphatic rings. The van der Waals surface area contributed by atoms with Gasteiger partial charge in [-0.15, -0.1) is 0 Å². The van der Waals surface area contributed by atoms with Crippen LogP contribution in [0.15, 0.2) is 162 Å². The fourth-order valence-corrected chi connectivity index (χ4v) is 8.87. The van der Waals surface area contributed by atoms with Crippen LogP contribution < -0.4 is 0 Å². The molecule has 0 unspecified atom stereocenters. The molecule has 49 heavy (non-hydrogen) atoms. The minimum absolute atomic E-state index is 0.931. The van der Waals surface area contributed by atoms with Crippen LogP contribution in [0.1, 0.15) is 0 Å². The highest BCUT2D eigenvalue weighted by atomic mass is 16.3. The number of furan rings is 1. The highest BCUT2D eigenvalue weighted by Gasteiger charge is 2.20. The van der Waals surface area contributed by atoms with Crippen LogP contribution in [0.25, 0.3) is 120 Å². The van der Waals surface area contributed by atoms with Crippen molar-refractivity contribution in [3.05, 3.63) is 158 Å². The van der Waals surface area contributed by atoms with Gasteiger partial charge >= 0.3 is 0 Å². The maximum Gasteiger partial charge on any atom is 0.143 e. The zero-order valence-electron chi connectivity index (χ0n) is 26.4. The lowest BCUT2D eigenvalue weighted by Crippen LogP contribution is -1.89. The van der Waals surface area contributed by atoms with Gasteiger partial charge in [0.2, 0.25) is 0 Å². The van der Waals surface area contributed by atoms with E-state index >= 15 is 0 Å². The Morgan fingerprint density at radius 3 is 1.51 bits per heavy atom. The summed E-state index contributed by atoms with van der Waals surface area (Å²) in [4.78, 5) is 0. The molecule has 1 heteroatoms. The Kier molecular flexibility index (Phi) is 4.77. The van der Waals surface area contributed by atoms with E-state index in [0.717, 1.165) is 32.9 Å². The van der Waals surface area contributed by atoms with Crippen molar-refractivity contribution in [2.75, 3.05) is 0 Å². The molecule has 12 aromatic rings. The SMILES string of the molecule is c1ccc2c(c1)ccc1c3cc(-c4ccc5ccc6cccc7ccc4c5c67)cc(-c4cc5ccc6cccc7ccc(c4)c5c67)c3oc21. The predicted octanol–water partition coefficient (Wildman–Crippen LogP) is 13.9. The van der Waals surface area contributed by atoms with Gasteiger partial charge in [-0.25, -0.2) is 0 Å². The van der Waals surface area contributed by atoms with Crippen LogP contribution in [0.5, 0.6) is 0 Å². The van der Waals surface area contributed by atoms with Gasteiger partial charge < -0.3 is 4.42 Å². The second-order valence-corrected chi connectivity index (χ2v) is 13.6. The second kappa shape index (κ2) is 9.13. The average molecular weight is 619 g/mol. The molecule has 0 aliphatic heterocycles. The molecular weight excluding hydrogens is 593 g/mol. The molecule has 0 atom stereocenters. The summed E-state index contributed by atoms with van der Waals surface area (Å²) in [6.45, 7) is 0. The molecule has 1 nitrogen and oxygen atoms in total. The normalized spacial score (nSPS) is 12.5. The van der Waals surface area contributed by atoms with Crippen LogP contribution >= 0.6 is 0 Å². The first-order valence-electron chi connectivity index (χ1n) is 17.0. The minimum atomic E-state index is 0.931. The summed E-state index contributed by atoms with van der Waals surface area (Å²) in [6, 6.07) is 58.5. The minimum Gasteiger partial charge on any atom is -0.455 e. The van der Waals surface area contributed by atoms with Crippen LogP contribution in [0.3, 0.4) is 0 Å². The fourth-order valence-electron chi connectivity index (χ4n) is 8.87. The number of hydrogen-bond donors (Lipinski definition) is 0. The van der Waals surface area contributed by atoms with E-state index < -0.39 is 0 Å². The van der Waals surface area contributed by atoms with Gasteiger partial charge in [0.1, 0.15) is 11.2 Å². The van der Waals surface area contributed by atoms with Gasteiger partial charge in [0.15, 0.2) is 0 Å². The zero-order chi connectivity index (χ0) is 31.8. The summed E-state index contributed by atoms with van der Waals surface area (Å²) >= 11 is 0. The molecule has 1 heterocycles. The Morgan fingerprint density at radius 1 is 0.265 bits per heavy atom. The van der Waals surface area contributed by atoms with Crippen LogP contribution in [0.4, 0.5) is 0 Å². The highest BCUT2D eigenvalue weighted by Crippen LogP contribution is 2.46. The van der Waals surface area contributed by atoms with Gasteiger partial charge in [-0.3, -0.25) is 0 Å². The van der Waals surface area contributed by atoms with Crippen LogP contribution in [-0.4, -0.2) is 0 Å². The fraction of sp³-hybridized carbons (Fsp3) is 0. The van der Waals surface area contributed by atoms with Gasteiger partial charge in [0, 0.05) is 21.7 Å². The number of fused-ring (bicyclic) bond motifs is 5. The van der Waals surface area contributed by atoms with Gasteiger partial charge in [-0.05, 0) is 117 Å². The first-order chi connectivity index (χ1) is 24.3. The molecule has 0 amide bonds. The van der Waals surface area contributed by atoms with E-state index in [2.05, 4.69) is 158 Å². The lowest BCUT2D eigenvalue weighted by molar-refractivity contribution is 0.674. The van der Waals surface area contributed by atoms with Crippen molar-refractivity contribution in [2.45, 2.75) is 0 Å². The molecule has 11 aromatic carbocycles. The lowest BCUT2D eigenvalue weighted by atomic mass is 9.87. The summed E-state index contributed by atoms with van der Waals surface area (Å²) < 4.78 is 6.97. The maximum absolute atomic E-state index is 6.97. The molecule has 0 fully saturated rings. The number of rotatable bonds is 2. The van der Waals surface area contributed by atoms with E-state index in [1.807, 2.05) is 0 Å². The Labute approximate surface area is 280 Å². The summed E-state index contributed by atoms with van der Waals surface area (Å²) in [5.74, 6) is 0. The van der Waals surface area contributed by atoms with E-state index in [4.69, 9.17) is 4.42 Å². The van der Waals surface area contributed by atoms with Gasteiger partial charge in [-0.1, -0.05) is 127 Å². The molecule has 0 radical (unpaired) electrons. The average Bonchev–Trinajstić information content (AvgIpc) is 3.55. The highest BCUT2D eigenvalue weighted by molar-refractivity contribution is 6.27. The van der Waals surface area contributed by atoms with E-state index in [0.29, 0.717) is 0 Å². The second-order valence-electron chi connectivity index (χ2n) is 13.6. The van der Waals surface area contributed by atoms with E-state index in [-0.39, 0.29) is 0 Å². The lowest BCUT2D eigenvalue weighted by Gasteiger charge is -2.16. The van der Waals surface area contributed by atoms with Crippen molar-refractivity contribution in [1.29, 1.82) is 0 Å². The van der Waals surface area contributed by atoms with Crippen LogP contribution in [0, 0.1) is 0 Å². The Morgan fingerprint density at radius 2 is 0.776 bits per heavy atom. The van der Waals surface area contributed by atoms with Crippen molar-refractivity contribution in [3.63, 3.8) is 0 Å². The first-order valence-corrected chi connectivity index (χ1v) is 17.0. The monoisotopic (exact) mass is 618 g/mol. The molecule has 0 aliphatic carbocycles. The van der Waals surface area contributed by atoms with Crippen LogP contribution in [-0.2, 0) is 0 Å². The maximum atomic E-state index is 6.97. The van der Waals surface area contributed by atoms with E-state index in [1.54, 1.807) is 0 Å². The number of hydrogen-bond acceptors (Lipinski definition) is 1. The molecule has 0 spiro atoms. The summed E-state index contributed by atoms with van der Waals surface area (Å²) in [7, 11) is 0. The smallest absolute Gasteiger partial charge is 0.143 e.